The van der Waals surface area contributed by atoms with Crippen LogP contribution in [0.2, 0.25) is 0 Å². The number of hydrogen-bond donors (Lipinski definition) is 1. The van der Waals surface area contributed by atoms with Gasteiger partial charge in [0, 0.05) is 19.0 Å². The first-order valence-corrected chi connectivity index (χ1v) is 4.67. The zero-order valence-corrected chi connectivity index (χ0v) is 7.67. The van der Waals surface area contributed by atoms with Crippen molar-refractivity contribution < 1.29 is 5.11 Å². The van der Waals surface area contributed by atoms with Gasteiger partial charge in [0.25, 0.3) is 0 Å². The van der Waals surface area contributed by atoms with Crippen molar-refractivity contribution in [2.45, 2.75) is 12.5 Å². The van der Waals surface area contributed by atoms with E-state index in [0.29, 0.717) is 19.0 Å². The average molecular weight is 189 g/mol. The Morgan fingerprint density at radius 3 is 2.83 bits per heavy atom. The van der Waals surface area contributed by atoms with Crippen LogP contribution in [0.5, 0.6) is 0 Å². The second kappa shape index (κ2) is 4.66. The van der Waals surface area contributed by atoms with Crippen LogP contribution in [0.1, 0.15) is 6.42 Å². The van der Waals surface area contributed by atoms with Gasteiger partial charge in [-0.15, -0.1) is 11.6 Å². The molecule has 0 bridgehead atoms. The third-order valence-electron chi connectivity index (χ3n) is 2.14. The van der Waals surface area contributed by atoms with Gasteiger partial charge in [0.1, 0.15) is 0 Å². The first kappa shape index (κ1) is 9.79. The summed E-state index contributed by atoms with van der Waals surface area (Å²) in [7, 11) is 0. The highest BCUT2D eigenvalue weighted by molar-refractivity contribution is 6.17. The molecule has 0 amide bonds. The molecule has 0 aromatic heterocycles. The van der Waals surface area contributed by atoms with Gasteiger partial charge in [-0.3, -0.25) is 4.90 Å². The summed E-state index contributed by atoms with van der Waals surface area (Å²) in [4.78, 5) is 2.08. The number of alkyl halides is 1. The van der Waals surface area contributed by atoms with Crippen molar-refractivity contribution in [3.8, 4) is 6.07 Å². The molecule has 68 valence electrons. The Bertz CT molecular complexity index is 180. The van der Waals surface area contributed by atoms with Crippen molar-refractivity contribution in [3.63, 3.8) is 0 Å². The molecule has 1 rings (SSSR count). The Balaban J connectivity index is 2.29. The zero-order chi connectivity index (χ0) is 8.97. The van der Waals surface area contributed by atoms with E-state index in [1.807, 2.05) is 0 Å². The molecule has 12 heavy (non-hydrogen) atoms. The maximum absolute atomic E-state index is 9.36. The highest BCUT2D eigenvalue weighted by Crippen LogP contribution is 2.15. The molecule has 1 heterocycles. The summed E-state index contributed by atoms with van der Waals surface area (Å²) in [6, 6.07) is 2.10. The first-order chi connectivity index (χ1) is 5.77. The van der Waals surface area contributed by atoms with E-state index < -0.39 is 6.10 Å². The topological polar surface area (TPSA) is 47.3 Å². The van der Waals surface area contributed by atoms with Gasteiger partial charge in [-0.1, -0.05) is 0 Å². The molecule has 0 spiro atoms. The van der Waals surface area contributed by atoms with E-state index in [4.69, 9.17) is 16.9 Å². The number of nitriles is 1. The predicted molar refractivity (Wildman–Crippen MR) is 46.9 cm³/mol. The molecule has 1 aliphatic heterocycles. The van der Waals surface area contributed by atoms with Gasteiger partial charge in [-0.05, 0) is 13.0 Å². The molecule has 1 aliphatic rings. The Hall–Kier alpha value is -0.300. The molecule has 4 heteroatoms. The van der Waals surface area contributed by atoms with Crippen LogP contribution in [0, 0.1) is 17.2 Å². The van der Waals surface area contributed by atoms with Gasteiger partial charge < -0.3 is 5.11 Å². The number of halogens is 1. The zero-order valence-electron chi connectivity index (χ0n) is 6.91. The smallest absolute Gasteiger partial charge is 0.0861 e. The van der Waals surface area contributed by atoms with E-state index >= 15 is 0 Å². The number of nitrogens with zero attached hydrogens (tertiary/aromatic N) is 2. The number of aliphatic hydroxyl groups excluding tert-OH is 1. The summed E-state index contributed by atoms with van der Waals surface area (Å²) in [6.07, 6.45) is 0.456. The SMILES string of the molecule is N#CC1CN(CCCCl)CC1O. The van der Waals surface area contributed by atoms with Crippen molar-refractivity contribution in [3.05, 3.63) is 0 Å². The quantitative estimate of drug-likeness (QED) is 0.654. The number of aliphatic hydroxyl groups is 1. The lowest BCUT2D eigenvalue weighted by Crippen LogP contribution is -2.23. The standard InChI is InChI=1S/C8H13ClN2O/c9-2-1-3-11-5-7(4-10)8(12)6-11/h7-8,12H,1-3,5-6H2. The molecule has 0 aliphatic carbocycles. The van der Waals surface area contributed by atoms with Crippen LogP contribution in [0.4, 0.5) is 0 Å². The molecule has 2 unspecified atom stereocenters. The van der Waals surface area contributed by atoms with E-state index in [2.05, 4.69) is 11.0 Å². The second-order valence-electron chi connectivity index (χ2n) is 3.11. The largest absolute Gasteiger partial charge is 0.390 e. The highest BCUT2D eigenvalue weighted by atomic mass is 35.5. The molecule has 0 aromatic rings. The lowest BCUT2D eigenvalue weighted by atomic mass is 10.1. The molecule has 0 radical (unpaired) electrons. The molecule has 1 saturated heterocycles. The van der Waals surface area contributed by atoms with Gasteiger partial charge in [-0.25, -0.2) is 0 Å². The fraction of sp³-hybridized carbons (Fsp3) is 0.875. The van der Waals surface area contributed by atoms with Gasteiger partial charge in [0.05, 0.1) is 18.1 Å². The van der Waals surface area contributed by atoms with Crippen LogP contribution in [-0.2, 0) is 0 Å². The maximum Gasteiger partial charge on any atom is 0.0861 e. The average Bonchev–Trinajstić information content (AvgIpc) is 2.43. The molecular formula is C8H13ClN2O. The molecule has 1 fully saturated rings. The minimum Gasteiger partial charge on any atom is -0.390 e. The lowest BCUT2D eigenvalue weighted by molar-refractivity contribution is 0.159. The fourth-order valence-corrected chi connectivity index (χ4v) is 1.58. The molecular weight excluding hydrogens is 176 g/mol. The summed E-state index contributed by atoms with van der Waals surface area (Å²) < 4.78 is 0. The normalized spacial score (nSPS) is 30.4. The van der Waals surface area contributed by atoms with Crippen LogP contribution >= 0.6 is 11.6 Å². The van der Waals surface area contributed by atoms with Crippen molar-refractivity contribution in [2.75, 3.05) is 25.5 Å². The van der Waals surface area contributed by atoms with E-state index in [1.54, 1.807) is 0 Å². The van der Waals surface area contributed by atoms with Gasteiger partial charge in [0.15, 0.2) is 0 Å². The predicted octanol–water partition coefficient (Wildman–Crippen LogP) is 0.432. The molecule has 2 atom stereocenters. The second-order valence-corrected chi connectivity index (χ2v) is 3.48. The minimum absolute atomic E-state index is 0.208. The fourth-order valence-electron chi connectivity index (χ4n) is 1.46. The number of likely N-dealkylation sites (tertiary alicyclic amines) is 1. The summed E-state index contributed by atoms with van der Waals surface area (Å²) in [5.41, 5.74) is 0. The van der Waals surface area contributed by atoms with Crippen LogP contribution in [0.25, 0.3) is 0 Å². The first-order valence-electron chi connectivity index (χ1n) is 4.14. The number of hydrogen-bond acceptors (Lipinski definition) is 3. The Labute approximate surface area is 77.5 Å². The van der Waals surface area contributed by atoms with E-state index in [0.717, 1.165) is 13.0 Å². The van der Waals surface area contributed by atoms with Crippen LogP contribution in [-0.4, -0.2) is 41.6 Å². The summed E-state index contributed by atoms with van der Waals surface area (Å²) in [6.45, 7) is 2.20. The number of rotatable bonds is 3. The maximum atomic E-state index is 9.36. The lowest BCUT2D eigenvalue weighted by Gasteiger charge is -2.12. The van der Waals surface area contributed by atoms with Crippen LogP contribution < -0.4 is 0 Å². The summed E-state index contributed by atoms with van der Waals surface area (Å²) >= 11 is 5.53. The van der Waals surface area contributed by atoms with Crippen LogP contribution in [0.15, 0.2) is 0 Å². The van der Waals surface area contributed by atoms with Crippen molar-refractivity contribution in [2.24, 2.45) is 5.92 Å². The minimum atomic E-state index is -0.467. The number of β-amino-alcohol motifs (C(OH)–C–C–N with tert-alkyl or cyclic N) is 1. The van der Waals surface area contributed by atoms with Gasteiger partial charge in [0.2, 0.25) is 0 Å². The monoisotopic (exact) mass is 188 g/mol. The third kappa shape index (κ3) is 2.34. The van der Waals surface area contributed by atoms with Crippen LogP contribution in [0.3, 0.4) is 0 Å². The van der Waals surface area contributed by atoms with E-state index in [-0.39, 0.29) is 5.92 Å². The summed E-state index contributed by atoms with van der Waals surface area (Å²) in [5, 5.41) is 18.0. The molecule has 0 aromatic carbocycles. The van der Waals surface area contributed by atoms with Crippen molar-refractivity contribution in [1.82, 2.24) is 4.90 Å². The Kier molecular flexibility index (Phi) is 3.80. The summed E-state index contributed by atoms with van der Waals surface area (Å²) in [5.74, 6) is 0.435. The van der Waals surface area contributed by atoms with Gasteiger partial charge >= 0.3 is 0 Å². The molecule has 0 saturated carbocycles. The molecule has 1 N–H and O–H groups in total. The highest BCUT2D eigenvalue weighted by Gasteiger charge is 2.30. The van der Waals surface area contributed by atoms with Crippen molar-refractivity contribution in [1.29, 1.82) is 5.26 Å². The Morgan fingerprint density at radius 1 is 1.58 bits per heavy atom. The van der Waals surface area contributed by atoms with E-state index in [1.165, 1.54) is 0 Å². The van der Waals surface area contributed by atoms with Gasteiger partial charge in [-0.2, -0.15) is 5.26 Å². The molecule has 3 nitrogen and oxygen atoms in total. The Morgan fingerprint density at radius 2 is 2.33 bits per heavy atom. The van der Waals surface area contributed by atoms with E-state index in [9.17, 15) is 5.11 Å². The van der Waals surface area contributed by atoms with Crippen molar-refractivity contribution >= 4 is 11.6 Å². The third-order valence-corrected chi connectivity index (χ3v) is 2.41.